The summed E-state index contributed by atoms with van der Waals surface area (Å²) in [5.41, 5.74) is 1.99. The number of ether oxygens (including phenoxy) is 2. The Labute approximate surface area is 241 Å². The van der Waals surface area contributed by atoms with Crippen molar-refractivity contribution in [2.75, 3.05) is 23.9 Å². The first-order valence-corrected chi connectivity index (χ1v) is 13.8. The smallest absolute Gasteiger partial charge is 0.338 e. The van der Waals surface area contributed by atoms with Crippen molar-refractivity contribution < 1.29 is 23.9 Å². The predicted molar refractivity (Wildman–Crippen MR) is 155 cm³/mol. The molecular formula is C29H26Cl2N2O5S. The molecule has 0 saturated carbocycles. The van der Waals surface area contributed by atoms with Gasteiger partial charge in [0, 0.05) is 21.0 Å². The third kappa shape index (κ3) is 6.41. The summed E-state index contributed by atoms with van der Waals surface area (Å²) in [5.74, 6) is -1.10. The topological polar surface area (TPSA) is 84.9 Å². The van der Waals surface area contributed by atoms with Crippen molar-refractivity contribution in [3.05, 3.63) is 92.4 Å². The van der Waals surface area contributed by atoms with Crippen LogP contribution in [0.25, 0.3) is 0 Å². The van der Waals surface area contributed by atoms with E-state index in [1.165, 1.54) is 19.2 Å². The lowest BCUT2D eigenvalue weighted by atomic mass is 10.2. The number of thioether (sulfide) groups is 1. The maximum Gasteiger partial charge on any atom is 0.338 e. The summed E-state index contributed by atoms with van der Waals surface area (Å²) < 4.78 is 10.7. The average molecular weight is 586 g/mol. The van der Waals surface area contributed by atoms with Gasteiger partial charge >= 0.3 is 5.97 Å². The number of anilines is 2. The first kappa shape index (κ1) is 28.5. The number of unbranched alkanes of at least 4 members (excludes halogenated alkanes) is 1. The summed E-state index contributed by atoms with van der Waals surface area (Å²) >= 11 is 13.4. The standard InChI is InChI=1S/C29H26Cl2N2O5S/c1-4-5-14-38-29(36)18-6-10-20(11-7-18)33-27(34)25(32-23-15-17(2)22(31)16-24(23)37-3)26(28(33)35)39-21-12-8-19(30)9-13-21/h6-13,15-16,32H,4-5,14H2,1-3H3. The molecule has 0 saturated heterocycles. The number of methoxy groups -OCH3 is 1. The number of carbonyl (C=O) groups is 3. The highest BCUT2D eigenvalue weighted by Gasteiger charge is 2.40. The van der Waals surface area contributed by atoms with Crippen LogP contribution in [0.4, 0.5) is 11.4 Å². The third-order valence-electron chi connectivity index (χ3n) is 5.91. The van der Waals surface area contributed by atoms with Gasteiger partial charge in [-0.3, -0.25) is 9.59 Å². The van der Waals surface area contributed by atoms with Crippen molar-refractivity contribution in [3.63, 3.8) is 0 Å². The molecule has 2 amide bonds. The van der Waals surface area contributed by atoms with Crippen molar-refractivity contribution in [1.82, 2.24) is 0 Å². The monoisotopic (exact) mass is 584 g/mol. The Balaban J connectivity index is 1.68. The van der Waals surface area contributed by atoms with Gasteiger partial charge in [0.15, 0.2) is 0 Å². The summed E-state index contributed by atoms with van der Waals surface area (Å²) in [6, 6.07) is 16.5. The molecule has 3 aromatic carbocycles. The summed E-state index contributed by atoms with van der Waals surface area (Å²) in [4.78, 5) is 41.7. The fourth-order valence-corrected chi connectivity index (χ4v) is 4.98. The van der Waals surface area contributed by atoms with Crippen molar-refractivity contribution >= 4 is 64.1 Å². The van der Waals surface area contributed by atoms with Gasteiger partial charge in [0.1, 0.15) is 16.4 Å². The second kappa shape index (κ2) is 12.6. The van der Waals surface area contributed by atoms with Gasteiger partial charge in [0.2, 0.25) is 0 Å². The van der Waals surface area contributed by atoms with E-state index >= 15 is 0 Å². The minimum Gasteiger partial charge on any atom is -0.495 e. The van der Waals surface area contributed by atoms with Gasteiger partial charge in [-0.05, 0) is 73.5 Å². The number of hydrogen-bond acceptors (Lipinski definition) is 7. The first-order valence-electron chi connectivity index (χ1n) is 12.2. The number of esters is 1. The Hall–Kier alpha value is -3.46. The number of hydrogen-bond donors (Lipinski definition) is 1. The van der Waals surface area contributed by atoms with Crippen molar-refractivity contribution in [1.29, 1.82) is 0 Å². The van der Waals surface area contributed by atoms with Crippen LogP contribution in [0.1, 0.15) is 35.7 Å². The third-order valence-corrected chi connectivity index (χ3v) is 7.66. The molecule has 1 aliphatic heterocycles. The Morgan fingerprint density at radius 2 is 1.69 bits per heavy atom. The molecule has 202 valence electrons. The molecule has 0 fully saturated rings. The zero-order valence-corrected chi connectivity index (χ0v) is 23.9. The lowest BCUT2D eigenvalue weighted by Gasteiger charge is -2.16. The Kier molecular flexibility index (Phi) is 9.22. The van der Waals surface area contributed by atoms with E-state index < -0.39 is 17.8 Å². The number of amides is 2. The molecule has 39 heavy (non-hydrogen) atoms. The molecular weight excluding hydrogens is 559 g/mol. The fraction of sp³-hybridized carbons (Fsp3) is 0.207. The van der Waals surface area contributed by atoms with E-state index in [4.69, 9.17) is 32.7 Å². The van der Waals surface area contributed by atoms with Crippen LogP contribution in [0.15, 0.2) is 76.2 Å². The normalized spacial score (nSPS) is 13.2. The maximum absolute atomic E-state index is 13.7. The minimum atomic E-state index is -0.551. The lowest BCUT2D eigenvalue weighted by molar-refractivity contribution is -0.120. The van der Waals surface area contributed by atoms with Crippen LogP contribution in [-0.4, -0.2) is 31.5 Å². The Bertz CT molecular complexity index is 1440. The lowest BCUT2D eigenvalue weighted by Crippen LogP contribution is -2.32. The second-order valence-electron chi connectivity index (χ2n) is 8.67. The zero-order valence-electron chi connectivity index (χ0n) is 21.5. The molecule has 1 aliphatic rings. The van der Waals surface area contributed by atoms with Crippen LogP contribution >= 0.6 is 35.0 Å². The number of carbonyl (C=O) groups excluding carboxylic acids is 3. The summed E-state index contributed by atoms with van der Waals surface area (Å²) in [6.45, 7) is 4.17. The number of halogens is 2. The number of imide groups is 1. The molecule has 0 bridgehead atoms. The van der Waals surface area contributed by atoms with Gasteiger partial charge in [-0.25, -0.2) is 9.69 Å². The molecule has 7 nitrogen and oxygen atoms in total. The van der Waals surface area contributed by atoms with Gasteiger partial charge < -0.3 is 14.8 Å². The van der Waals surface area contributed by atoms with Crippen molar-refractivity contribution in [2.24, 2.45) is 0 Å². The molecule has 0 unspecified atom stereocenters. The van der Waals surface area contributed by atoms with Crippen LogP contribution in [0.3, 0.4) is 0 Å². The quantitative estimate of drug-likeness (QED) is 0.152. The van der Waals surface area contributed by atoms with Gasteiger partial charge in [-0.2, -0.15) is 0 Å². The Morgan fingerprint density at radius 1 is 1.00 bits per heavy atom. The molecule has 0 spiro atoms. The van der Waals surface area contributed by atoms with Crippen LogP contribution in [-0.2, 0) is 14.3 Å². The SMILES string of the molecule is CCCCOC(=O)c1ccc(N2C(=O)C(Nc3cc(C)c(Cl)cc3OC)=C(Sc3ccc(Cl)cc3)C2=O)cc1. The van der Waals surface area contributed by atoms with Crippen LogP contribution in [0.5, 0.6) is 5.75 Å². The number of nitrogens with zero attached hydrogens (tertiary/aromatic N) is 1. The number of nitrogens with one attached hydrogen (secondary N) is 1. The van der Waals surface area contributed by atoms with Gasteiger partial charge in [0.05, 0.1) is 30.7 Å². The highest BCUT2D eigenvalue weighted by molar-refractivity contribution is 8.04. The summed E-state index contributed by atoms with van der Waals surface area (Å²) in [5, 5.41) is 4.17. The summed E-state index contributed by atoms with van der Waals surface area (Å²) in [6.07, 6.45) is 1.68. The molecule has 1 heterocycles. The average Bonchev–Trinajstić information content (AvgIpc) is 3.15. The van der Waals surface area contributed by atoms with Crippen LogP contribution < -0.4 is 15.0 Å². The molecule has 0 aliphatic carbocycles. The Morgan fingerprint density at radius 3 is 2.33 bits per heavy atom. The van der Waals surface area contributed by atoms with Crippen molar-refractivity contribution in [2.45, 2.75) is 31.6 Å². The zero-order chi connectivity index (χ0) is 28.1. The van der Waals surface area contributed by atoms with Gasteiger partial charge in [-0.1, -0.05) is 48.3 Å². The maximum atomic E-state index is 13.7. The molecule has 3 aromatic rings. The second-order valence-corrected chi connectivity index (χ2v) is 10.6. The minimum absolute atomic E-state index is 0.0861. The highest BCUT2D eigenvalue weighted by Crippen LogP contribution is 2.40. The first-order chi connectivity index (χ1) is 18.7. The largest absolute Gasteiger partial charge is 0.495 e. The van der Waals surface area contributed by atoms with Gasteiger partial charge in [-0.15, -0.1) is 0 Å². The van der Waals surface area contributed by atoms with E-state index in [-0.39, 0.29) is 10.6 Å². The van der Waals surface area contributed by atoms with E-state index in [1.807, 2.05) is 13.8 Å². The molecule has 0 aromatic heterocycles. The molecule has 0 radical (unpaired) electrons. The van der Waals surface area contributed by atoms with E-state index in [2.05, 4.69) is 5.32 Å². The fourth-order valence-electron chi connectivity index (χ4n) is 3.77. The molecule has 10 heteroatoms. The van der Waals surface area contributed by atoms with Crippen molar-refractivity contribution in [3.8, 4) is 5.75 Å². The number of rotatable bonds is 10. The number of benzene rings is 3. The molecule has 4 rings (SSSR count). The number of aryl methyl sites for hydroxylation is 1. The highest BCUT2D eigenvalue weighted by atomic mass is 35.5. The van der Waals surface area contributed by atoms with E-state index in [0.717, 1.165) is 40.0 Å². The van der Waals surface area contributed by atoms with Crippen LogP contribution in [0.2, 0.25) is 10.0 Å². The van der Waals surface area contributed by atoms with Gasteiger partial charge in [0.25, 0.3) is 11.8 Å². The summed E-state index contributed by atoms with van der Waals surface area (Å²) in [7, 11) is 1.49. The van der Waals surface area contributed by atoms with E-state index in [9.17, 15) is 14.4 Å². The molecule has 0 atom stereocenters. The van der Waals surface area contributed by atoms with Crippen LogP contribution in [0, 0.1) is 6.92 Å². The molecule has 1 N–H and O–H groups in total. The predicted octanol–water partition coefficient (Wildman–Crippen LogP) is 7.26. The van der Waals surface area contributed by atoms with E-state index in [0.29, 0.717) is 39.3 Å². The van der Waals surface area contributed by atoms with E-state index in [1.54, 1.807) is 48.5 Å².